The van der Waals surface area contributed by atoms with Gasteiger partial charge in [0.05, 0.1) is 11.3 Å². The highest BCUT2D eigenvalue weighted by Crippen LogP contribution is 2.47. The minimum atomic E-state index is -1.10. The molecule has 2 aliphatic heterocycles. The van der Waals surface area contributed by atoms with Crippen LogP contribution in [0.15, 0.2) is 193 Å². The first-order chi connectivity index (χ1) is 34.3. The van der Waals surface area contributed by atoms with E-state index in [4.69, 9.17) is 14.5 Å². The highest BCUT2D eigenvalue weighted by atomic mass is 32.2. The molecule has 14 heteroatoms. The summed E-state index contributed by atoms with van der Waals surface area (Å²) in [6.07, 6.45) is 4.37. The molecule has 0 bridgehead atoms. The zero-order chi connectivity index (χ0) is 49.6. The smallest absolute Gasteiger partial charge is 0.332 e. The van der Waals surface area contributed by atoms with Crippen LogP contribution in [-0.2, 0) is 41.2 Å². The van der Waals surface area contributed by atoms with Gasteiger partial charge in [0.25, 0.3) is 5.91 Å². The van der Waals surface area contributed by atoms with Gasteiger partial charge in [0, 0.05) is 46.5 Å². The minimum absolute atomic E-state index is 0.0567. The lowest BCUT2D eigenvalue weighted by atomic mass is 9.77. The number of esters is 2. The summed E-state index contributed by atoms with van der Waals surface area (Å²) in [4.78, 5) is 65.0. The highest BCUT2D eigenvalue weighted by molar-refractivity contribution is 8.00. The van der Waals surface area contributed by atoms with E-state index in [9.17, 15) is 19.2 Å². The van der Waals surface area contributed by atoms with Crippen molar-refractivity contribution in [2.45, 2.75) is 54.3 Å². The summed E-state index contributed by atoms with van der Waals surface area (Å²) in [5.74, 6) is -1.49. The lowest BCUT2D eigenvalue weighted by molar-refractivity contribution is -0.671. The third-order valence-corrected chi connectivity index (χ3v) is 16.0. The summed E-state index contributed by atoms with van der Waals surface area (Å²) in [7, 11) is 1.94. The van der Waals surface area contributed by atoms with Crippen molar-refractivity contribution >= 4 is 69.3 Å². The Bertz CT molecular complexity index is 2870. The van der Waals surface area contributed by atoms with Crippen molar-refractivity contribution < 1.29 is 33.2 Å². The number of benzene rings is 5. The minimum Gasteiger partial charge on any atom is -0.457 e. The number of anilines is 1. The van der Waals surface area contributed by atoms with Gasteiger partial charge in [-0.15, -0.1) is 34.9 Å². The summed E-state index contributed by atoms with van der Waals surface area (Å²) in [6, 6.07) is 52.6. The van der Waals surface area contributed by atoms with E-state index in [2.05, 4.69) is 47.0 Å². The Balaban J connectivity index is 0.990. The number of carbonyl (C=O) groups excluding carboxylic acids is 4. The van der Waals surface area contributed by atoms with Crippen molar-refractivity contribution in [3.8, 4) is 0 Å². The number of hydrogen-bond donors (Lipinski definition) is 2. The van der Waals surface area contributed by atoms with Gasteiger partial charge < -0.3 is 25.0 Å². The number of rotatable bonds is 16. The number of pyridine rings is 1. The molecule has 5 aromatic carbocycles. The van der Waals surface area contributed by atoms with E-state index in [-0.39, 0.29) is 23.7 Å². The highest BCUT2D eigenvalue weighted by Gasteiger charge is 2.58. The molecule has 7 aromatic rings. The zero-order valence-corrected chi connectivity index (χ0v) is 42.2. The SMILES string of the molecule is C[n+]1ccc(SCC2(C(=O)OC(c3ccccc3)c3ccccc3)CS[C@@H]3C(NC(=O)C(=CC(=O)OC(C)(C)C)c4csc(NC(c5ccccc5)(c5ccccc5)c5ccccc5)n4)C(=O)N3C2)cc1. The number of β-lactam (4-membered cyclic amide) rings is 1. The Morgan fingerprint density at radius 1 is 0.803 bits per heavy atom. The third kappa shape index (κ3) is 10.8. The number of thiazole rings is 1. The molecule has 0 radical (unpaired) electrons. The molecule has 3 atom stereocenters. The molecule has 4 heterocycles. The predicted octanol–water partition coefficient (Wildman–Crippen LogP) is 9.61. The van der Waals surface area contributed by atoms with E-state index in [1.807, 2.05) is 151 Å². The lowest BCUT2D eigenvalue weighted by Crippen LogP contribution is -2.74. The van der Waals surface area contributed by atoms with Gasteiger partial charge in [-0.3, -0.25) is 14.4 Å². The molecule has 0 saturated carbocycles. The molecular weight excluding hydrogens is 947 g/mol. The first-order valence-electron chi connectivity index (χ1n) is 23.3. The number of carbonyl (C=O) groups is 4. The van der Waals surface area contributed by atoms with Gasteiger partial charge >= 0.3 is 11.9 Å². The van der Waals surface area contributed by atoms with E-state index in [1.54, 1.807) is 31.1 Å². The Morgan fingerprint density at radius 3 is 1.85 bits per heavy atom. The molecule has 0 aliphatic carbocycles. The van der Waals surface area contributed by atoms with Crippen molar-refractivity contribution in [2.24, 2.45) is 12.5 Å². The number of ether oxygens (including phenoxy) is 2. The van der Waals surface area contributed by atoms with Crippen LogP contribution in [-0.4, -0.2) is 68.7 Å². The van der Waals surface area contributed by atoms with Crippen LogP contribution in [0.25, 0.3) is 5.57 Å². The maximum absolute atomic E-state index is 14.9. The molecule has 2 unspecified atom stereocenters. The summed E-state index contributed by atoms with van der Waals surface area (Å²) in [5, 5.41) is 8.43. The van der Waals surface area contributed by atoms with Gasteiger partial charge in [-0.2, -0.15) is 0 Å². The van der Waals surface area contributed by atoms with Crippen LogP contribution in [0.2, 0.25) is 0 Å². The van der Waals surface area contributed by atoms with Gasteiger partial charge in [-0.1, -0.05) is 152 Å². The van der Waals surface area contributed by atoms with Gasteiger partial charge in [0.15, 0.2) is 23.6 Å². The number of nitrogens with one attached hydrogen (secondary N) is 2. The maximum Gasteiger partial charge on any atom is 0.332 e. The van der Waals surface area contributed by atoms with Crippen LogP contribution < -0.4 is 15.2 Å². The molecule has 9 rings (SSSR count). The molecular formula is C57H54N5O6S3+. The first-order valence-corrected chi connectivity index (χ1v) is 26.2. The second kappa shape index (κ2) is 21.2. The number of fused-ring (bicyclic) bond motifs is 1. The molecule has 2 fully saturated rings. The van der Waals surface area contributed by atoms with Crippen LogP contribution in [0.5, 0.6) is 0 Å². The Hall–Kier alpha value is -7.00. The first kappa shape index (κ1) is 49.0. The number of aromatic nitrogens is 2. The second-order valence-electron chi connectivity index (χ2n) is 18.6. The van der Waals surface area contributed by atoms with E-state index < -0.39 is 51.9 Å². The normalized spacial score (nSPS) is 18.0. The second-order valence-corrected chi connectivity index (χ2v) is 21.6. The zero-order valence-electron chi connectivity index (χ0n) is 39.8. The molecule has 11 nitrogen and oxygen atoms in total. The molecule has 2 saturated heterocycles. The monoisotopic (exact) mass is 1000 g/mol. The topological polar surface area (TPSA) is 131 Å². The maximum atomic E-state index is 14.9. The van der Waals surface area contributed by atoms with Gasteiger partial charge in [0.2, 0.25) is 5.91 Å². The van der Waals surface area contributed by atoms with Crippen molar-refractivity contribution in [1.29, 1.82) is 0 Å². The number of nitrogens with zero attached hydrogens (tertiary/aromatic N) is 3. The predicted molar refractivity (Wildman–Crippen MR) is 280 cm³/mol. The van der Waals surface area contributed by atoms with E-state index >= 15 is 0 Å². The van der Waals surface area contributed by atoms with Crippen molar-refractivity contribution in [3.05, 3.63) is 221 Å². The summed E-state index contributed by atoms with van der Waals surface area (Å²) < 4.78 is 14.2. The summed E-state index contributed by atoms with van der Waals surface area (Å²) >= 11 is 4.25. The van der Waals surface area contributed by atoms with Crippen molar-refractivity contribution in [3.63, 3.8) is 0 Å². The molecule has 360 valence electrons. The fourth-order valence-electron chi connectivity index (χ4n) is 8.84. The summed E-state index contributed by atoms with van der Waals surface area (Å²) in [6.45, 7) is 5.34. The standard InChI is InChI=1S/C57H53N5O6S3/c1-55(2,3)68-47(63)34-45(46-35-69-54(58-46)60-57(41-24-14-7-15-25-41,42-26-16-8-17-27-42)43-28-18-9-19-29-43)50(64)59-48-51(65)62-36-56(38-71-52(48)62,37-70-44-30-32-61(4)33-31-44)53(66)67-49(39-20-10-5-11-21-39)40-22-12-6-13-23-40/h5-35,48-49,52H,36-38H2,1-4H3,(H-,58,59,60,64)/p+1/t48?,52-,56?/m1/s1. The average molecular weight is 1000 g/mol. The molecule has 2 aliphatic rings. The quantitative estimate of drug-likeness (QED) is 0.0241. The van der Waals surface area contributed by atoms with Crippen LogP contribution in [0, 0.1) is 5.41 Å². The average Bonchev–Trinajstić information content (AvgIpc) is 3.86. The van der Waals surface area contributed by atoms with Crippen molar-refractivity contribution in [2.75, 3.05) is 23.4 Å². The number of aryl methyl sites for hydroxylation is 1. The molecule has 0 spiro atoms. The fraction of sp³-hybridized carbons (Fsp3) is 0.228. The van der Waals surface area contributed by atoms with Gasteiger partial charge in [0.1, 0.15) is 35.0 Å². The Kier molecular flexibility index (Phi) is 14.6. The molecule has 2 aromatic heterocycles. The Labute approximate surface area is 426 Å². The lowest BCUT2D eigenvalue weighted by Gasteiger charge is -2.54. The third-order valence-electron chi connectivity index (χ3n) is 12.4. The van der Waals surface area contributed by atoms with E-state index in [1.165, 1.54) is 34.9 Å². The fourth-order valence-corrected chi connectivity index (χ4v) is 12.3. The van der Waals surface area contributed by atoms with Crippen LogP contribution in [0.4, 0.5) is 5.13 Å². The van der Waals surface area contributed by atoms with Crippen LogP contribution in [0.1, 0.15) is 60.4 Å². The largest absolute Gasteiger partial charge is 0.457 e. The molecule has 2 N–H and O–H groups in total. The van der Waals surface area contributed by atoms with E-state index in [0.717, 1.165) is 38.8 Å². The van der Waals surface area contributed by atoms with Crippen LogP contribution >= 0.6 is 34.9 Å². The number of amides is 2. The van der Waals surface area contributed by atoms with Gasteiger partial charge in [-0.25, -0.2) is 14.3 Å². The van der Waals surface area contributed by atoms with Gasteiger partial charge in [-0.05, 0) is 48.6 Å². The Morgan fingerprint density at radius 2 is 1.32 bits per heavy atom. The molecule has 71 heavy (non-hydrogen) atoms. The molecule has 2 amide bonds. The number of thioether (sulfide) groups is 2. The van der Waals surface area contributed by atoms with Crippen LogP contribution in [0.3, 0.4) is 0 Å². The van der Waals surface area contributed by atoms with Crippen molar-refractivity contribution in [1.82, 2.24) is 15.2 Å². The number of hydrogen-bond acceptors (Lipinski definition) is 11. The van der Waals surface area contributed by atoms with E-state index in [0.29, 0.717) is 16.6 Å². The summed E-state index contributed by atoms with van der Waals surface area (Å²) in [5.41, 5.74) is 1.87.